The highest BCUT2D eigenvalue weighted by molar-refractivity contribution is 7.22. The highest BCUT2D eigenvalue weighted by Gasteiger charge is 2.16. The fourth-order valence-electron chi connectivity index (χ4n) is 2.95. The van der Waals surface area contributed by atoms with Crippen LogP contribution in [0.25, 0.3) is 20.5 Å². The van der Waals surface area contributed by atoms with Crippen molar-refractivity contribution >= 4 is 21.4 Å². The number of imidazole rings is 1. The third-order valence-electron chi connectivity index (χ3n) is 4.38. The molecule has 0 fully saturated rings. The van der Waals surface area contributed by atoms with Crippen LogP contribution in [0.3, 0.4) is 0 Å². The zero-order valence-electron chi connectivity index (χ0n) is 15.3. The molecule has 134 valence electrons. The number of ether oxygens (including phenoxy) is 2. The van der Waals surface area contributed by atoms with Crippen LogP contribution < -0.4 is 9.47 Å². The molecule has 5 heteroatoms. The van der Waals surface area contributed by atoms with Gasteiger partial charge in [-0.1, -0.05) is 18.1 Å². The van der Waals surface area contributed by atoms with E-state index in [1.807, 2.05) is 41.9 Å². The van der Waals surface area contributed by atoms with Crippen molar-refractivity contribution in [3.8, 4) is 33.8 Å². The van der Waals surface area contributed by atoms with Gasteiger partial charge in [0, 0.05) is 22.7 Å². The number of rotatable bonds is 3. The number of hydrogen-bond acceptors (Lipinski definition) is 4. The molecular weight excluding hydrogens is 356 g/mol. The molecular formula is C22H18N2O2S. The Morgan fingerprint density at radius 1 is 1.04 bits per heavy atom. The fraction of sp³-hybridized carbons (Fsp3) is 0.136. The minimum atomic E-state index is 0.815. The van der Waals surface area contributed by atoms with Crippen LogP contribution in [0.2, 0.25) is 0 Å². The lowest BCUT2D eigenvalue weighted by Crippen LogP contribution is -1.89. The maximum absolute atomic E-state index is 5.58. The average molecular weight is 374 g/mol. The zero-order valence-corrected chi connectivity index (χ0v) is 16.1. The zero-order chi connectivity index (χ0) is 18.8. The summed E-state index contributed by atoms with van der Waals surface area (Å²) in [6, 6.07) is 14.1. The van der Waals surface area contributed by atoms with Gasteiger partial charge in [-0.3, -0.25) is 0 Å². The first-order valence-corrected chi connectivity index (χ1v) is 9.25. The molecule has 0 radical (unpaired) electrons. The molecule has 4 rings (SSSR count). The Morgan fingerprint density at radius 2 is 1.89 bits per heavy atom. The van der Waals surface area contributed by atoms with Gasteiger partial charge in [-0.2, -0.15) is 0 Å². The van der Waals surface area contributed by atoms with Crippen molar-refractivity contribution in [2.75, 3.05) is 14.2 Å². The molecule has 2 aromatic heterocycles. The Morgan fingerprint density at radius 3 is 2.63 bits per heavy atom. The SMILES string of the molecule is COc1ccc2sc(-c3ccccc3OC)c(C#Cc3cncn3C)c2c1. The summed E-state index contributed by atoms with van der Waals surface area (Å²) in [5, 5.41) is 1.08. The molecule has 4 aromatic rings. The summed E-state index contributed by atoms with van der Waals surface area (Å²) in [6.45, 7) is 0. The van der Waals surface area contributed by atoms with E-state index >= 15 is 0 Å². The molecule has 0 aliphatic carbocycles. The second-order valence-electron chi connectivity index (χ2n) is 6.01. The fourth-order valence-corrected chi connectivity index (χ4v) is 4.12. The standard InChI is InChI=1S/C22H18N2O2S/c1-24-14-23-13-15(24)8-10-17-19-12-16(25-2)9-11-21(19)27-22(17)18-6-4-5-7-20(18)26-3/h4-7,9,11-14H,1-3H3. The van der Waals surface area contributed by atoms with Crippen LogP contribution in [0.1, 0.15) is 11.3 Å². The topological polar surface area (TPSA) is 36.3 Å². The Bertz CT molecular complexity index is 1180. The number of aryl methyl sites for hydroxylation is 1. The molecule has 0 N–H and O–H groups in total. The smallest absolute Gasteiger partial charge is 0.127 e. The Kier molecular flexibility index (Phi) is 4.57. The van der Waals surface area contributed by atoms with Gasteiger partial charge in [-0.15, -0.1) is 11.3 Å². The van der Waals surface area contributed by atoms with Crippen molar-refractivity contribution in [3.63, 3.8) is 0 Å². The Labute approximate surface area is 162 Å². The molecule has 27 heavy (non-hydrogen) atoms. The predicted molar refractivity (Wildman–Crippen MR) is 110 cm³/mol. The first kappa shape index (κ1) is 17.2. The molecule has 2 heterocycles. The lowest BCUT2D eigenvalue weighted by atomic mass is 10.0. The molecule has 4 nitrogen and oxygen atoms in total. The minimum Gasteiger partial charge on any atom is -0.497 e. The maximum Gasteiger partial charge on any atom is 0.127 e. The van der Waals surface area contributed by atoms with Crippen LogP contribution in [0.4, 0.5) is 0 Å². The van der Waals surface area contributed by atoms with Gasteiger partial charge in [0.15, 0.2) is 0 Å². The second kappa shape index (κ2) is 7.18. The minimum absolute atomic E-state index is 0.815. The third kappa shape index (κ3) is 3.16. The Hall–Kier alpha value is -3.23. The van der Waals surface area contributed by atoms with Crippen molar-refractivity contribution in [3.05, 3.63) is 66.2 Å². The molecule has 0 aliphatic rings. The van der Waals surface area contributed by atoms with Crippen molar-refractivity contribution in [1.82, 2.24) is 9.55 Å². The Balaban J connectivity index is 1.98. The van der Waals surface area contributed by atoms with E-state index in [-0.39, 0.29) is 0 Å². The molecule has 0 amide bonds. The summed E-state index contributed by atoms with van der Waals surface area (Å²) in [4.78, 5) is 5.23. The van der Waals surface area contributed by atoms with Crippen molar-refractivity contribution in [2.24, 2.45) is 7.05 Å². The number of thiophene rings is 1. The molecule has 0 unspecified atom stereocenters. The first-order chi connectivity index (χ1) is 13.2. The summed E-state index contributed by atoms with van der Waals surface area (Å²) in [6.07, 6.45) is 3.52. The molecule has 0 aliphatic heterocycles. The lowest BCUT2D eigenvalue weighted by molar-refractivity contribution is 0.415. The van der Waals surface area contributed by atoms with Crippen LogP contribution in [0, 0.1) is 11.8 Å². The summed E-state index contributed by atoms with van der Waals surface area (Å²) in [5.41, 5.74) is 2.87. The van der Waals surface area contributed by atoms with Crippen LogP contribution in [-0.2, 0) is 7.05 Å². The molecule has 0 spiro atoms. The lowest BCUT2D eigenvalue weighted by Gasteiger charge is -2.07. The van der Waals surface area contributed by atoms with Gasteiger partial charge >= 0.3 is 0 Å². The van der Waals surface area contributed by atoms with Gasteiger partial charge in [0.05, 0.1) is 37.2 Å². The highest BCUT2D eigenvalue weighted by Crippen LogP contribution is 2.42. The number of aromatic nitrogens is 2. The predicted octanol–water partition coefficient (Wildman–Crippen LogP) is 4.72. The van der Waals surface area contributed by atoms with Gasteiger partial charge in [0.25, 0.3) is 0 Å². The monoisotopic (exact) mass is 374 g/mol. The van der Waals surface area contributed by atoms with E-state index in [9.17, 15) is 0 Å². The normalized spacial score (nSPS) is 10.5. The number of nitrogens with zero attached hydrogens (tertiary/aromatic N) is 2. The van der Waals surface area contributed by atoms with Crippen molar-refractivity contribution in [2.45, 2.75) is 0 Å². The van der Waals surface area contributed by atoms with Crippen molar-refractivity contribution in [1.29, 1.82) is 0 Å². The van der Waals surface area contributed by atoms with Gasteiger partial charge in [-0.05, 0) is 36.3 Å². The van der Waals surface area contributed by atoms with E-state index in [0.29, 0.717) is 0 Å². The van der Waals surface area contributed by atoms with E-state index in [2.05, 4.69) is 29.0 Å². The summed E-state index contributed by atoms with van der Waals surface area (Å²) < 4.78 is 14.1. The van der Waals surface area contributed by atoms with E-state index < -0.39 is 0 Å². The first-order valence-electron chi connectivity index (χ1n) is 8.43. The summed E-state index contributed by atoms with van der Waals surface area (Å²) in [5.74, 6) is 8.27. The number of hydrogen-bond donors (Lipinski definition) is 0. The number of methoxy groups -OCH3 is 2. The summed E-state index contributed by atoms with van der Waals surface area (Å²) >= 11 is 1.71. The van der Waals surface area contributed by atoms with Gasteiger partial charge in [0.1, 0.15) is 17.2 Å². The van der Waals surface area contributed by atoms with Crippen molar-refractivity contribution < 1.29 is 9.47 Å². The molecule has 0 saturated carbocycles. The molecule has 0 saturated heterocycles. The van der Waals surface area contributed by atoms with Crippen LogP contribution in [-0.4, -0.2) is 23.8 Å². The van der Waals surface area contributed by atoms with Crippen LogP contribution in [0.15, 0.2) is 55.0 Å². The largest absolute Gasteiger partial charge is 0.497 e. The number of para-hydroxylation sites is 1. The molecule has 0 atom stereocenters. The van der Waals surface area contributed by atoms with Crippen LogP contribution >= 0.6 is 11.3 Å². The van der Waals surface area contributed by atoms with Crippen LogP contribution in [0.5, 0.6) is 11.5 Å². The van der Waals surface area contributed by atoms with Gasteiger partial charge in [-0.25, -0.2) is 4.98 Å². The molecule has 2 aromatic carbocycles. The van der Waals surface area contributed by atoms with Gasteiger partial charge < -0.3 is 14.0 Å². The molecule has 0 bridgehead atoms. The third-order valence-corrected chi connectivity index (χ3v) is 5.58. The van der Waals surface area contributed by atoms with E-state index in [4.69, 9.17) is 9.47 Å². The van der Waals surface area contributed by atoms with E-state index in [1.165, 1.54) is 0 Å². The number of fused-ring (bicyclic) bond motifs is 1. The number of benzene rings is 2. The highest BCUT2D eigenvalue weighted by atomic mass is 32.1. The summed E-state index contributed by atoms with van der Waals surface area (Å²) in [7, 11) is 5.30. The maximum atomic E-state index is 5.58. The average Bonchev–Trinajstić information content (AvgIpc) is 3.28. The quantitative estimate of drug-likeness (QED) is 0.487. The van der Waals surface area contributed by atoms with E-state index in [1.54, 1.807) is 38.1 Å². The van der Waals surface area contributed by atoms with E-state index in [0.717, 1.165) is 43.3 Å². The second-order valence-corrected chi connectivity index (χ2v) is 7.06. The van der Waals surface area contributed by atoms with Gasteiger partial charge in [0.2, 0.25) is 0 Å².